The Morgan fingerprint density at radius 3 is 2.77 bits per heavy atom. The summed E-state index contributed by atoms with van der Waals surface area (Å²) in [5, 5.41) is 12.8. The van der Waals surface area contributed by atoms with Crippen LogP contribution in [0.15, 0.2) is 34.2 Å². The number of benzene rings is 1. The third kappa shape index (κ3) is 3.49. The number of thiophene rings is 1. The van der Waals surface area contributed by atoms with Gasteiger partial charge in [0.25, 0.3) is 5.56 Å². The molecule has 160 valence electrons. The fourth-order valence-electron chi connectivity index (χ4n) is 3.94. The first-order valence-electron chi connectivity index (χ1n) is 10.0. The Balaban J connectivity index is 1.45. The quantitative estimate of drug-likeness (QED) is 0.465. The Bertz CT molecular complexity index is 1350. The van der Waals surface area contributed by atoms with E-state index in [0.29, 0.717) is 16.6 Å². The molecule has 1 aliphatic carbocycles. The lowest BCUT2D eigenvalue weighted by atomic mass is 9.97. The van der Waals surface area contributed by atoms with Crippen molar-refractivity contribution in [2.24, 2.45) is 7.05 Å². The molecule has 10 heteroatoms. The first kappa shape index (κ1) is 20.1. The summed E-state index contributed by atoms with van der Waals surface area (Å²) in [6.07, 6.45) is 4.20. The molecule has 1 N–H and O–H groups in total. The van der Waals surface area contributed by atoms with Crippen molar-refractivity contribution in [3.63, 3.8) is 0 Å². The van der Waals surface area contributed by atoms with Crippen molar-refractivity contribution in [2.45, 2.75) is 30.8 Å². The zero-order chi connectivity index (χ0) is 21.5. The number of anilines is 1. The molecule has 0 fully saturated rings. The topological polar surface area (TPSA) is 90.5 Å². The van der Waals surface area contributed by atoms with E-state index in [0.717, 1.165) is 41.6 Å². The maximum Gasteiger partial charge on any atom is 0.263 e. The van der Waals surface area contributed by atoms with Crippen LogP contribution < -0.4 is 15.6 Å². The molecule has 5 rings (SSSR count). The fourth-order valence-corrected chi connectivity index (χ4v) is 6.11. The van der Waals surface area contributed by atoms with Gasteiger partial charge in [0.05, 0.1) is 18.2 Å². The Labute approximate surface area is 186 Å². The minimum atomic E-state index is -0.140. The number of nitrogens with zero attached hydrogens (tertiary/aromatic N) is 4. The molecule has 0 aliphatic heterocycles. The molecule has 0 spiro atoms. The van der Waals surface area contributed by atoms with E-state index >= 15 is 0 Å². The zero-order valence-corrected chi connectivity index (χ0v) is 18.8. The van der Waals surface area contributed by atoms with Crippen LogP contribution in [0.1, 0.15) is 23.3 Å². The van der Waals surface area contributed by atoms with Crippen molar-refractivity contribution in [2.75, 3.05) is 18.2 Å². The Morgan fingerprint density at radius 2 is 2.00 bits per heavy atom. The van der Waals surface area contributed by atoms with Crippen molar-refractivity contribution in [3.8, 4) is 5.75 Å². The summed E-state index contributed by atoms with van der Waals surface area (Å²) in [5.41, 5.74) is 1.85. The fraction of sp³-hybridized carbons (Fsp3) is 0.333. The molecule has 0 atom stereocenters. The van der Waals surface area contributed by atoms with Crippen LogP contribution in [0, 0.1) is 0 Å². The van der Waals surface area contributed by atoms with E-state index in [1.165, 1.54) is 22.2 Å². The highest BCUT2D eigenvalue weighted by molar-refractivity contribution is 7.99. The number of carbonyl (C=O) groups excluding carboxylic acids is 1. The van der Waals surface area contributed by atoms with Gasteiger partial charge in [0.15, 0.2) is 5.16 Å². The molecular formula is C21H21N5O3S2. The lowest BCUT2D eigenvalue weighted by Crippen LogP contribution is -2.20. The van der Waals surface area contributed by atoms with Crippen LogP contribution in [0.2, 0.25) is 0 Å². The molecule has 1 amide bonds. The maximum absolute atomic E-state index is 13.0. The van der Waals surface area contributed by atoms with Crippen molar-refractivity contribution in [1.82, 2.24) is 19.2 Å². The summed E-state index contributed by atoms with van der Waals surface area (Å²) in [6.45, 7) is 0. The third-order valence-electron chi connectivity index (χ3n) is 5.50. The van der Waals surface area contributed by atoms with Gasteiger partial charge in [-0.25, -0.2) is 4.40 Å². The Kier molecular flexibility index (Phi) is 5.19. The average Bonchev–Trinajstić information content (AvgIpc) is 3.38. The number of aromatic nitrogens is 4. The van der Waals surface area contributed by atoms with Crippen LogP contribution in [0.3, 0.4) is 0 Å². The van der Waals surface area contributed by atoms with Gasteiger partial charge in [0, 0.05) is 17.6 Å². The smallest absolute Gasteiger partial charge is 0.263 e. The van der Waals surface area contributed by atoms with Gasteiger partial charge < -0.3 is 10.1 Å². The summed E-state index contributed by atoms with van der Waals surface area (Å²) in [6, 6.07) is 7.18. The van der Waals surface area contributed by atoms with Crippen LogP contribution in [0.25, 0.3) is 16.0 Å². The first-order chi connectivity index (χ1) is 15.1. The molecule has 0 unspecified atom stereocenters. The summed E-state index contributed by atoms with van der Waals surface area (Å²) in [7, 11) is 3.33. The monoisotopic (exact) mass is 455 g/mol. The summed E-state index contributed by atoms with van der Waals surface area (Å²) < 4.78 is 8.61. The molecule has 1 aliphatic rings. The molecular weight excluding hydrogens is 434 g/mol. The number of methoxy groups -OCH3 is 1. The highest BCUT2D eigenvalue weighted by Crippen LogP contribution is 2.36. The predicted octanol–water partition coefficient (Wildman–Crippen LogP) is 3.26. The average molecular weight is 456 g/mol. The summed E-state index contributed by atoms with van der Waals surface area (Å²) in [4.78, 5) is 27.6. The van der Waals surface area contributed by atoms with Crippen LogP contribution in [-0.2, 0) is 24.7 Å². The lowest BCUT2D eigenvalue weighted by Gasteiger charge is -2.10. The molecule has 0 bridgehead atoms. The lowest BCUT2D eigenvalue weighted by molar-refractivity contribution is -0.113. The van der Waals surface area contributed by atoms with E-state index < -0.39 is 0 Å². The molecule has 1 aromatic carbocycles. The Hall–Kier alpha value is -2.85. The molecule has 8 nitrogen and oxygen atoms in total. The van der Waals surface area contributed by atoms with Crippen molar-refractivity contribution < 1.29 is 9.53 Å². The zero-order valence-electron chi connectivity index (χ0n) is 17.2. The molecule has 0 saturated heterocycles. The largest absolute Gasteiger partial charge is 0.497 e. The van der Waals surface area contributed by atoms with Gasteiger partial charge in [0.1, 0.15) is 10.6 Å². The number of hydrogen-bond acceptors (Lipinski definition) is 7. The van der Waals surface area contributed by atoms with Crippen LogP contribution in [-0.4, -0.2) is 37.9 Å². The van der Waals surface area contributed by atoms with Gasteiger partial charge in [-0.15, -0.1) is 21.5 Å². The number of fused-ring (bicyclic) bond motifs is 5. The second kappa shape index (κ2) is 8.01. The molecule has 3 heterocycles. The Morgan fingerprint density at radius 1 is 1.23 bits per heavy atom. The van der Waals surface area contributed by atoms with Crippen LogP contribution in [0.4, 0.5) is 5.69 Å². The van der Waals surface area contributed by atoms with Crippen molar-refractivity contribution in [3.05, 3.63) is 45.1 Å². The molecule has 0 saturated carbocycles. The normalized spacial score (nSPS) is 13.5. The number of hydrogen-bond donors (Lipinski definition) is 1. The number of aryl methyl sites for hydroxylation is 3. The second-order valence-corrected chi connectivity index (χ2v) is 9.46. The van der Waals surface area contributed by atoms with Gasteiger partial charge in [-0.1, -0.05) is 11.8 Å². The number of ether oxygens (including phenoxy) is 1. The minimum absolute atomic E-state index is 0.0249. The number of amides is 1. The van der Waals surface area contributed by atoms with E-state index in [1.807, 2.05) is 4.40 Å². The summed E-state index contributed by atoms with van der Waals surface area (Å²) in [5.74, 6) is 1.27. The van der Waals surface area contributed by atoms with Crippen LogP contribution >= 0.6 is 23.1 Å². The number of rotatable bonds is 5. The van der Waals surface area contributed by atoms with Gasteiger partial charge in [0.2, 0.25) is 11.7 Å². The molecule has 31 heavy (non-hydrogen) atoms. The highest BCUT2D eigenvalue weighted by atomic mass is 32.2. The third-order valence-corrected chi connectivity index (χ3v) is 7.70. The van der Waals surface area contributed by atoms with E-state index in [4.69, 9.17) is 4.74 Å². The van der Waals surface area contributed by atoms with Gasteiger partial charge in [-0.2, -0.15) is 0 Å². The molecule has 3 aromatic heterocycles. The van der Waals surface area contributed by atoms with Crippen molar-refractivity contribution in [1.29, 1.82) is 0 Å². The van der Waals surface area contributed by atoms with E-state index in [-0.39, 0.29) is 17.2 Å². The second-order valence-electron chi connectivity index (χ2n) is 7.44. The summed E-state index contributed by atoms with van der Waals surface area (Å²) >= 11 is 2.97. The van der Waals surface area contributed by atoms with E-state index in [2.05, 4.69) is 15.5 Å². The molecule has 4 aromatic rings. The van der Waals surface area contributed by atoms with Gasteiger partial charge in [-0.3, -0.25) is 14.2 Å². The van der Waals surface area contributed by atoms with Gasteiger partial charge >= 0.3 is 0 Å². The van der Waals surface area contributed by atoms with E-state index in [9.17, 15) is 9.59 Å². The first-order valence-corrected chi connectivity index (χ1v) is 11.8. The number of carbonyl (C=O) groups is 1. The maximum atomic E-state index is 13.0. The van der Waals surface area contributed by atoms with Crippen molar-refractivity contribution >= 4 is 50.7 Å². The van der Waals surface area contributed by atoms with Crippen LogP contribution in [0.5, 0.6) is 5.75 Å². The predicted molar refractivity (Wildman–Crippen MR) is 123 cm³/mol. The van der Waals surface area contributed by atoms with E-state index in [1.54, 1.807) is 54.3 Å². The minimum Gasteiger partial charge on any atom is -0.497 e. The number of thioether (sulfide) groups is 1. The highest BCUT2D eigenvalue weighted by Gasteiger charge is 2.24. The SMILES string of the molecule is COc1ccc(NC(=O)CSc2nnc3n(C)c(=O)c4c5c(sc4n23)CCCC5)cc1. The molecule has 0 radical (unpaired) electrons. The standard InChI is InChI=1S/C21H21N5O3S2/c1-25-18(28)17-14-5-3-4-6-15(14)31-19(17)26-20(25)23-24-21(26)30-11-16(27)22-12-7-9-13(29-2)10-8-12/h7-10H,3-6,11H2,1-2H3,(H,22,27). The van der Waals surface area contributed by atoms with Gasteiger partial charge in [-0.05, 0) is 55.5 Å². The number of nitrogens with one attached hydrogen (secondary N) is 1.